The van der Waals surface area contributed by atoms with Crippen LogP contribution in [0.4, 0.5) is 0 Å². The van der Waals surface area contributed by atoms with Gasteiger partial charge in [-0.2, -0.15) is 0 Å². The zero-order chi connectivity index (χ0) is 22.6. The van der Waals surface area contributed by atoms with Gasteiger partial charge in [-0.25, -0.2) is 0 Å². The summed E-state index contributed by atoms with van der Waals surface area (Å²) in [5.41, 5.74) is 2.28. The number of fused-ring (bicyclic) bond motifs is 1. The first-order valence-corrected chi connectivity index (χ1v) is 11.5. The monoisotopic (exact) mass is 449 g/mol. The number of carbonyl (C=O) groups is 1. The smallest absolute Gasteiger partial charge is 0.251 e. The van der Waals surface area contributed by atoms with Gasteiger partial charge < -0.3 is 14.8 Å². The second kappa shape index (κ2) is 9.66. The average Bonchev–Trinajstić information content (AvgIpc) is 2.83. The molecule has 1 heterocycles. The van der Waals surface area contributed by atoms with E-state index in [1.807, 2.05) is 60.7 Å². The number of hydrogen-bond acceptors (Lipinski definition) is 3. The molecule has 0 spiro atoms. The number of ether oxygens (including phenoxy) is 2. The van der Waals surface area contributed by atoms with Gasteiger partial charge in [0.1, 0.15) is 23.7 Å². The highest BCUT2D eigenvalue weighted by Crippen LogP contribution is 2.42. The van der Waals surface area contributed by atoms with Crippen LogP contribution in [0.2, 0.25) is 5.02 Å². The third kappa shape index (κ3) is 4.76. The van der Waals surface area contributed by atoms with Crippen LogP contribution in [-0.2, 0) is 6.61 Å². The Morgan fingerprint density at radius 3 is 2.44 bits per heavy atom. The summed E-state index contributed by atoms with van der Waals surface area (Å²) in [6, 6.07) is 22.7. The van der Waals surface area contributed by atoms with Crippen LogP contribution in [0.15, 0.2) is 72.8 Å². The molecule has 0 saturated heterocycles. The van der Waals surface area contributed by atoms with E-state index in [-0.39, 0.29) is 17.6 Å². The van der Waals surface area contributed by atoms with Gasteiger partial charge in [-0.3, -0.25) is 4.79 Å². The van der Waals surface area contributed by atoms with Crippen molar-refractivity contribution < 1.29 is 14.3 Å². The fourth-order valence-corrected chi connectivity index (χ4v) is 4.34. The lowest BCUT2D eigenvalue weighted by Gasteiger charge is -2.41. The molecule has 1 amide bonds. The predicted molar refractivity (Wildman–Crippen MR) is 127 cm³/mol. The Labute approximate surface area is 194 Å². The third-order valence-corrected chi connectivity index (χ3v) is 6.63. The number of rotatable bonds is 7. The maximum absolute atomic E-state index is 13.0. The van der Waals surface area contributed by atoms with Crippen LogP contribution in [-0.4, -0.2) is 11.5 Å². The summed E-state index contributed by atoms with van der Waals surface area (Å²) in [5.74, 6) is 1.44. The van der Waals surface area contributed by atoms with E-state index in [0.717, 1.165) is 36.1 Å². The molecule has 4 nitrogen and oxygen atoms in total. The van der Waals surface area contributed by atoms with Gasteiger partial charge >= 0.3 is 0 Å². The Hall–Kier alpha value is -2.98. The number of amides is 1. The summed E-state index contributed by atoms with van der Waals surface area (Å²) in [4.78, 5) is 13.0. The summed E-state index contributed by atoms with van der Waals surface area (Å²) < 4.78 is 12.2. The van der Waals surface area contributed by atoms with Crippen molar-refractivity contribution in [2.24, 2.45) is 0 Å². The van der Waals surface area contributed by atoms with Crippen LogP contribution in [0, 0.1) is 0 Å². The highest BCUT2D eigenvalue weighted by molar-refractivity contribution is 6.31. The normalized spacial score (nSPS) is 16.5. The maximum Gasteiger partial charge on any atom is 0.251 e. The summed E-state index contributed by atoms with van der Waals surface area (Å²) in [6.45, 7) is 4.65. The molecule has 0 aromatic heterocycles. The second-order valence-electron chi connectivity index (χ2n) is 8.16. The fourth-order valence-electron chi connectivity index (χ4n) is 4.15. The topological polar surface area (TPSA) is 47.6 Å². The predicted octanol–water partition coefficient (Wildman–Crippen LogP) is 6.73. The molecule has 3 aromatic rings. The van der Waals surface area contributed by atoms with Crippen molar-refractivity contribution in [3.8, 4) is 11.5 Å². The maximum atomic E-state index is 13.0. The van der Waals surface area contributed by atoms with E-state index in [0.29, 0.717) is 22.9 Å². The molecule has 0 fully saturated rings. The first-order valence-electron chi connectivity index (χ1n) is 11.1. The number of nitrogens with one attached hydrogen (secondary N) is 1. The molecule has 1 aliphatic heterocycles. The first kappa shape index (κ1) is 22.2. The van der Waals surface area contributed by atoms with Crippen LogP contribution in [0.25, 0.3) is 0 Å². The van der Waals surface area contributed by atoms with E-state index >= 15 is 0 Å². The minimum atomic E-state index is -0.261. The minimum absolute atomic E-state index is 0.0940. The lowest BCUT2D eigenvalue weighted by atomic mass is 9.83. The Morgan fingerprint density at radius 1 is 1.03 bits per heavy atom. The number of halogens is 1. The van der Waals surface area contributed by atoms with Gasteiger partial charge in [-0.1, -0.05) is 61.8 Å². The van der Waals surface area contributed by atoms with E-state index in [1.165, 1.54) is 0 Å². The van der Waals surface area contributed by atoms with E-state index in [2.05, 4.69) is 19.2 Å². The Balaban J connectivity index is 1.45. The van der Waals surface area contributed by atoms with Crippen molar-refractivity contribution in [1.29, 1.82) is 0 Å². The van der Waals surface area contributed by atoms with Crippen molar-refractivity contribution in [3.05, 3.63) is 94.5 Å². The SMILES string of the molecule is CCC1(CC)CC(NC(=O)c2ccc(OCc3ccccc3Cl)cc2)c2ccccc2O1. The summed E-state index contributed by atoms with van der Waals surface area (Å²) in [5, 5.41) is 3.90. The van der Waals surface area contributed by atoms with E-state index in [1.54, 1.807) is 12.1 Å². The molecule has 0 aliphatic carbocycles. The zero-order valence-electron chi connectivity index (χ0n) is 18.4. The molecule has 1 N–H and O–H groups in total. The molecular formula is C27H28ClNO3. The van der Waals surface area contributed by atoms with Crippen LogP contribution in [0.1, 0.15) is 60.6 Å². The van der Waals surface area contributed by atoms with Gasteiger partial charge in [0.2, 0.25) is 0 Å². The van der Waals surface area contributed by atoms with Crippen molar-refractivity contribution in [3.63, 3.8) is 0 Å². The zero-order valence-corrected chi connectivity index (χ0v) is 19.2. The van der Waals surface area contributed by atoms with Gasteiger partial charge in [-0.05, 0) is 49.2 Å². The van der Waals surface area contributed by atoms with Gasteiger partial charge in [-0.15, -0.1) is 0 Å². The number of hydrogen-bond donors (Lipinski definition) is 1. The highest BCUT2D eigenvalue weighted by atomic mass is 35.5. The Morgan fingerprint density at radius 2 is 1.72 bits per heavy atom. The first-order chi connectivity index (χ1) is 15.5. The molecule has 3 aromatic carbocycles. The third-order valence-electron chi connectivity index (χ3n) is 6.26. The molecule has 0 bridgehead atoms. The largest absolute Gasteiger partial charge is 0.489 e. The minimum Gasteiger partial charge on any atom is -0.489 e. The summed E-state index contributed by atoms with van der Waals surface area (Å²) in [6.07, 6.45) is 2.53. The molecule has 5 heteroatoms. The van der Waals surface area contributed by atoms with Gasteiger partial charge in [0.15, 0.2) is 0 Å². The van der Waals surface area contributed by atoms with Crippen LogP contribution in [0.3, 0.4) is 0 Å². The van der Waals surface area contributed by atoms with Crippen LogP contribution >= 0.6 is 11.6 Å². The Kier molecular flexibility index (Phi) is 6.71. The molecule has 1 atom stereocenters. The van der Waals surface area contributed by atoms with E-state index in [4.69, 9.17) is 21.1 Å². The second-order valence-corrected chi connectivity index (χ2v) is 8.57. The summed E-state index contributed by atoms with van der Waals surface area (Å²) in [7, 11) is 0. The van der Waals surface area contributed by atoms with Crippen molar-refractivity contribution >= 4 is 17.5 Å². The fraction of sp³-hybridized carbons (Fsp3) is 0.296. The molecule has 32 heavy (non-hydrogen) atoms. The lowest BCUT2D eigenvalue weighted by molar-refractivity contribution is 0.0227. The van der Waals surface area contributed by atoms with Crippen molar-refractivity contribution in [2.45, 2.75) is 51.4 Å². The molecular weight excluding hydrogens is 422 g/mol. The van der Waals surface area contributed by atoms with Crippen molar-refractivity contribution in [1.82, 2.24) is 5.32 Å². The highest BCUT2D eigenvalue weighted by Gasteiger charge is 2.38. The van der Waals surface area contributed by atoms with Gasteiger partial charge in [0, 0.05) is 28.1 Å². The number of para-hydroxylation sites is 1. The van der Waals surface area contributed by atoms with Gasteiger partial charge in [0.05, 0.1) is 6.04 Å². The summed E-state index contributed by atoms with van der Waals surface area (Å²) >= 11 is 6.18. The standard InChI is InChI=1S/C27H28ClNO3/c1-3-27(4-2)17-24(22-10-6-8-12-25(22)32-27)29-26(30)19-13-15-21(16-14-19)31-18-20-9-5-7-11-23(20)28/h5-16,24H,3-4,17-18H2,1-2H3,(H,29,30). The van der Waals surface area contributed by atoms with Crippen molar-refractivity contribution in [2.75, 3.05) is 0 Å². The van der Waals surface area contributed by atoms with Crippen LogP contribution < -0.4 is 14.8 Å². The molecule has 1 aliphatic rings. The average molecular weight is 450 g/mol. The molecule has 4 rings (SSSR count). The van der Waals surface area contributed by atoms with Crippen LogP contribution in [0.5, 0.6) is 11.5 Å². The lowest BCUT2D eigenvalue weighted by Crippen LogP contribution is -2.44. The van der Waals surface area contributed by atoms with Gasteiger partial charge in [0.25, 0.3) is 5.91 Å². The van der Waals surface area contributed by atoms with E-state index < -0.39 is 0 Å². The molecule has 0 saturated carbocycles. The molecule has 0 radical (unpaired) electrons. The Bertz CT molecular complexity index is 1080. The van der Waals surface area contributed by atoms with E-state index in [9.17, 15) is 4.79 Å². The number of benzene rings is 3. The quantitative estimate of drug-likeness (QED) is 0.435. The molecule has 1 unspecified atom stereocenters. The number of carbonyl (C=O) groups excluding carboxylic acids is 1. The molecule has 166 valence electrons.